The lowest BCUT2D eigenvalue weighted by Crippen LogP contribution is -2.28. The lowest BCUT2D eigenvalue weighted by atomic mass is 10.1. The van der Waals surface area contributed by atoms with Crippen molar-refractivity contribution in [3.05, 3.63) is 66.4 Å². The highest BCUT2D eigenvalue weighted by Gasteiger charge is 2.28. The summed E-state index contributed by atoms with van der Waals surface area (Å²) in [6.07, 6.45) is 1.69. The van der Waals surface area contributed by atoms with Crippen LogP contribution >= 0.6 is 0 Å². The molecule has 1 aliphatic heterocycles. The Morgan fingerprint density at radius 2 is 1.78 bits per heavy atom. The van der Waals surface area contributed by atoms with Gasteiger partial charge in [-0.05, 0) is 53.9 Å². The number of carbonyl (C=O) groups is 1. The van der Waals surface area contributed by atoms with Crippen LogP contribution in [0.25, 0.3) is 21.7 Å². The Hall–Kier alpha value is -3.36. The Morgan fingerprint density at radius 3 is 2.56 bits per heavy atom. The maximum Gasteiger partial charge on any atom is 0.291 e. The zero-order chi connectivity index (χ0) is 22.3. The van der Waals surface area contributed by atoms with Gasteiger partial charge in [-0.1, -0.05) is 30.3 Å². The minimum absolute atomic E-state index is 0.117. The zero-order valence-corrected chi connectivity index (χ0v) is 18.3. The Labute approximate surface area is 185 Å². The number of hydrogen-bond acceptors (Lipinski definition) is 5. The number of carbonyl (C=O) groups excluding carboxylic acids is 1. The normalized spacial score (nSPS) is 14.8. The predicted octanol–water partition coefficient (Wildman–Crippen LogP) is 4.63. The third kappa shape index (κ3) is 3.51. The fourth-order valence-electron chi connectivity index (χ4n) is 4.11. The molecule has 0 radical (unpaired) electrons. The molecule has 164 valence electrons. The molecule has 32 heavy (non-hydrogen) atoms. The van der Waals surface area contributed by atoms with Gasteiger partial charge in [0.05, 0.1) is 17.7 Å². The number of nitrogens with zero attached hydrogens (tertiary/aromatic N) is 1. The maximum atomic E-state index is 13.0. The molecule has 7 nitrogen and oxygen atoms in total. The molecule has 1 amide bonds. The number of benzene rings is 3. The van der Waals surface area contributed by atoms with E-state index in [1.165, 1.54) is 23.5 Å². The number of methoxy groups -OCH3 is 1. The monoisotopic (exact) mass is 450 g/mol. The molecular formula is C24H22N2O5S. The Bertz CT molecular complexity index is 1440. The summed E-state index contributed by atoms with van der Waals surface area (Å²) in [4.78, 5) is 13.1. The molecule has 4 aromatic rings. The first-order valence-electron chi connectivity index (χ1n) is 10.4. The molecule has 0 unspecified atom stereocenters. The zero-order valence-electron chi connectivity index (χ0n) is 17.5. The molecule has 0 bridgehead atoms. The quantitative estimate of drug-likeness (QED) is 0.479. The Balaban J connectivity index is 1.49. The predicted molar refractivity (Wildman–Crippen MR) is 123 cm³/mol. The average Bonchev–Trinajstić information content (AvgIpc) is 3.49. The van der Waals surface area contributed by atoms with Gasteiger partial charge in [-0.3, -0.25) is 4.79 Å². The lowest BCUT2D eigenvalue weighted by molar-refractivity contribution is 0.0998. The van der Waals surface area contributed by atoms with Crippen molar-refractivity contribution in [3.8, 4) is 5.75 Å². The number of amides is 1. The molecule has 0 aliphatic carbocycles. The molecule has 3 aromatic carbocycles. The number of ether oxygens (including phenoxy) is 1. The fourth-order valence-corrected chi connectivity index (χ4v) is 5.65. The number of hydrogen-bond donors (Lipinski definition) is 1. The Morgan fingerprint density at radius 1 is 1.00 bits per heavy atom. The van der Waals surface area contributed by atoms with Crippen molar-refractivity contribution in [3.63, 3.8) is 0 Å². The van der Waals surface area contributed by atoms with Crippen LogP contribution in [-0.2, 0) is 10.0 Å². The molecule has 0 spiro atoms. The first-order chi connectivity index (χ1) is 15.5. The highest BCUT2D eigenvalue weighted by atomic mass is 32.2. The fraction of sp³-hybridized carbons (Fsp3) is 0.208. The first kappa shape index (κ1) is 20.5. The third-order valence-corrected chi connectivity index (χ3v) is 7.67. The molecule has 0 atom stereocenters. The van der Waals surface area contributed by atoms with E-state index in [9.17, 15) is 13.2 Å². The summed E-state index contributed by atoms with van der Waals surface area (Å²) in [7, 11) is -2.16. The van der Waals surface area contributed by atoms with Crippen LogP contribution in [0.15, 0.2) is 70.0 Å². The van der Waals surface area contributed by atoms with Gasteiger partial charge in [0.2, 0.25) is 10.0 Å². The van der Waals surface area contributed by atoms with Crippen LogP contribution in [0.2, 0.25) is 0 Å². The summed E-state index contributed by atoms with van der Waals surface area (Å²) in [5, 5.41) is 5.63. The first-order valence-corrected chi connectivity index (χ1v) is 11.8. The highest BCUT2D eigenvalue weighted by Crippen LogP contribution is 2.32. The van der Waals surface area contributed by atoms with Crippen molar-refractivity contribution >= 4 is 43.4 Å². The van der Waals surface area contributed by atoms with E-state index in [0.29, 0.717) is 24.4 Å². The van der Waals surface area contributed by atoms with Gasteiger partial charge in [0.25, 0.3) is 5.91 Å². The van der Waals surface area contributed by atoms with Crippen molar-refractivity contribution in [1.82, 2.24) is 4.31 Å². The summed E-state index contributed by atoms with van der Waals surface area (Å²) in [5.74, 6) is 0.00536. The van der Waals surface area contributed by atoms with Gasteiger partial charge in [0.1, 0.15) is 11.3 Å². The molecule has 2 heterocycles. The van der Waals surface area contributed by atoms with Crippen LogP contribution in [-0.4, -0.2) is 38.8 Å². The number of rotatable bonds is 5. The van der Waals surface area contributed by atoms with Crippen LogP contribution < -0.4 is 10.1 Å². The SMILES string of the molecule is COc1ccc(S(=O)(=O)N2CCCC2)cc1NC(=O)c1cc2c(ccc3ccccc32)o1. The van der Waals surface area contributed by atoms with E-state index in [0.717, 1.165) is 29.0 Å². The van der Waals surface area contributed by atoms with Crippen molar-refractivity contribution in [1.29, 1.82) is 0 Å². The van der Waals surface area contributed by atoms with Crippen LogP contribution in [0.4, 0.5) is 5.69 Å². The minimum atomic E-state index is -3.63. The van der Waals surface area contributed by atoms with Crippen molar-refractivity contribution < 1.29 is 22.4 Å². The van der Waals surface area contributed by atoms with Gasteiger partial charge in [-0.2, -0.15) is 4.31 Å². The van der Waals surface area contributed by atoms with Gasteiger partial charge in [0.15, 0.2) is 5.76 Å². The molecular weight excluding hydrogens is 428 g/mol. The van der Waals surface area contributed by atoms with Crippen molar-refractivity contribution in [2.24, 2.45) is 0 Å². The van der Waals surface area contributed by atoms with Crippen LogP contribution in [0.1, 0.15) is 23.4 Å². The number of nitrogens with one attached hydrogen (secondary N) is 1. The van der Waals surface area contributed by atoms with Crippen LogP contribution in [0.5, 0.6) is 5.75 Å². The Kier molecular flexibility index (Phi) is 5.11. The largest absolute Gasteiger partial charge is 0.495 e. The van der Waals surface area contributed by atoms with Crippen LogP contribution in [0, 0.1) is 0 Å². The standard InChI is InChI=1S/C24H22N2O5S/c1-30-22-11-9-17(32(28,29)26-12-4-5-13-26)14-20(22)25-24(27)23-15-19-18-7-3-2-6-16(18)8-10-21(19)31-23/h2-3,6-11,14-15H,4-5,12-13H2,1H3,(H,25,27). The molecule has 1 saturated heterocycles. The summed E-state index contributed by atoms with van der Waals surface area (Å²) < 4.78 is 38.5. The number of furan rings is 1. The highest BCUT2D eigenvalue weighted by molar-refractivity contribution is 7.89. The van der Waals surface area contributed by atoms with Gasteiger partial charge in [-0.15, -0.1) is 0 Å². The maximum absolute atomic E-state index is 13.0. The van der Waals surface area contributed by atoms with E-state index in [4.69, 9.17) is 9.15 Å². The topological polar surface area (TPSA) is 88.9 Å². The number of fused-ring (bicyclic) bond motifs is 3. The molecule has 5 rings (SSSR count). The number of sulfonamides is 1. The smallest absolute Gasteiger partial charge is 0.291 e. The summed E-state index contributed by atoms with van der Waals surface area (Å²) in [6, 6.07) is 17.8. The van der Waals surface area contributed by atoms with Gasteiger partial charge in [-0.25, -0.2) is 8.42 Å². The minimum Gasteiger partial charge on any atom is -0.495 e. The average molecular weight is 451 g/mol. The second-order valence-electron chi connectivity index (χ2n) is 7.74. The van der Waals surface area contributed by atoms with E-state index in [-0.39, 0.29) is 16.3 Å². The van der Waals surface area contributed by atoms with Gasteiger partial charge >= 0.3 is 0 Å². The summed E-state index contributed by atoms with van der Waals surface area (Å²) >= 11 is 0. The summed E-state index contributed by atoms with van der Waals surface area (Å²) in [5.41, 5.74) is 0.870. The third-order valence-electron chi connectivity index (χ3n) is 5.77. The van der Waals surface area contributed by atoms with Crippen LogP contribution in [0.3, 0.4) is 0 Å². The molecule has 1 fully saturated rings. The lowest BCUT2D eigenvalue weighted by Gasteiger charge is -2.17. The van der Waals surface area contributed by atoms with Crippen molar-refractivity contribution in [2.45, 2.75) is 17.7 Å². The van der Waals surface area contributed by atoms with Crippen molar-refractivity contribution in [2.75, 3.05) is 25.5 Å². The molecule has 1 aromatic heterocycles. The van der Waals surface area contributed by atoms with E-state index in [1.54, 1.807) is 12.1 Å². The molecule has 1 aliphatic rings. The molecule has 1 N–H and O–H groups in total. The molecule has 0 saturated carbocycles. The van der Waals surface area contributed by atoms with E-state index < -0.39 is 15.9 Å². The second-order valence-corrected chi connectivity index (χ2v) is 9.67. The second kappa shape index (κ2) is 7.96. The summed E-state index contributed by atoms with van der Waals surface area (Å²) in [6.45, 7) is 1.01. The van der Waals surface area contributed by atoms with E-state index in [1.807, 2.05) is 36.4 Å². The number of anilines is 1. The molecule has 8 heteroatoms. The van der Waals surface area contributed by atoms with Gasteiger partial charge in [0, 0.05) is 18.5 Å². The van der Waals surface area contributed by atoms with E-state index >= 15 is 0 Å². The van der Waals surface area contributed by atoms with Gasteiger partial charge < -0.3 is 14.5 Å². The van der Waals surface area contributed by atoms with E-state index in [2.05, 4.69) is 5.32 Å².